The Morgan fingerprint density at radius 1 is 1.09 bits per heavy atom. The first-order valence-electron chi connectivity index (χ1n) is 11.1. The molecule has 176 valence electrons. The number of ether oxygens (including phenoxy) is 1. The second-order valence-corrected chi connectivity index (χ2v) is 8.63. The number of benzene rings is 2. The van der Waals surface area contributed by atoms with Crippen molar-refractivity contribution < 1.29 is 24.2 Å². The van der Waals surface area contributed by atoms with Crippen LogP contribution in [0.25, 0.3) is 0 Å². The number of rotatable bonds is 10. The van der Waals surface area contributed by atoms with Gasteiger partial charge in [-0.05, 0) is 48.6 Å². The van der Waals surface area contributed by atoms with Crippen molar-refractivity contribution in [3.8, 4) is 0 Å². The molecule has 1 fully saturated rings. The van der Waals surface area contributed by atoms with Crippen molar-refractivity contribution in [1.29, 1.82) is 0 Å². The van der Waals surface area contributed by atoms with Crippen LogP contribution >= 0.6 is 0 Å². The van der Waals surface area contributed by atoms with E-state index in [4.69, 9.17) is 0 Å². The van der Waals surface area contributed by atoms with Gasteiger partial charge in [-0.25, -0.2) is 15.2 Å². The average Bonchev–Trinajstić information content (AvgIpc) is 2.78. The van der Waals surface area contributed by atoms with Crippen LogP contribution in [0.1, 0.15) is 36.2 Å². The number of nitrogens with zero attached hydrogens (tertiary/aromatic N) is 1. The number of hydrogen-bond donors (Lipinski definition) is 3. The summed E-state index contributed by atoms with van der Waals surface area (Å²) in [6, 6.07) is 15.1. The minimum absolute atomic E-state index is 0.0111. The number of methoxy groups -OCH3 is 1. The molecule has 8 nitrogen and oxygen atoms in total. The highest BCUT2D eigenvalue weighted by molar-refractivity contribution is 5.96. The van der Waals surface area contributed by atoms with E-state index in [1.807, 2.05) is 44.2 Å². The maximum atomic E-state index is 12.9. The van der Waals surface area contributed by atoms with Crippen molar-refractivity contribution >= 4 is 23.5 Å². The maximum Gasteiger partial charge on any atom is 0.337 e. The molecule has 0 saturated carbocycles. The van der Waals surface area contributed by atoms with Gasteiger partial charge in [0.05, 0.1) is 12.7 Å². The number of esters is 1. The van der Waals surface area contributed by atoms with E-state index in [9.17, 15) is 19.5 Å². The highest BCUT2D eigenvalue weighted by Crippen LogP contribution is 2.28. The summed E-state index contributed by atoms with van der Waals surface area (Å²) in [6.07, 6.45) is 1.59. The van der Waals surface area contributed by atoms with E-state index in [0.29, 0.717) is 17.8 Å². The van der Waals surface area contributed by atoms with Crippen LogP contribution in [0.2, 0.25) is 0 Å². The van der Waals surface area contributed by atoms with Crippen LogP contribution in [0, 0.1) is 11.8 Å². The smallest absolute Gasteiger partial charge is 0.337 e. The van der Waals surface area contributed by atoms with Crippen LogP contribution in [0.4, 0.5) is 5.69 Å². The zero-order chi connectivity index (χ0) is 24.0. The molecule has 1 amide bonds. The summed E-state index contributed by atoms with van der Waals surface area (Å²) in [5, 5.41) is 14.3. The Morgan fingerprint density at radius 2 is 1.76 bits per heavy atom. The molecule has 3 atom stereocenters. The minimum Gasteiger partial charge on any atom is -0.480 e. The molecule has 0 radical (unpaired) electrons. The van der Waals surface area contributed by atoms with Gasteiger partial charge in [0, 0.05) is 18.2 Å². The van der Waals surface area contributed by atoms with Crippen LogP contribution < -0.4 is 10.7 Å². The standard InChI is InChI=1S/C25H31N3O5/c1-16(2)21(23(29)26-20-13-11-18(12-14-20)25(32)33-3)27-28-15-19(22(28)24(30)31)10-9-17-7-5-4-6-8-17/h4-8,11-14,16,19,21-22,27H,9-10,15H2,1-3H3,(H,26,29)(H,30,31). The molecule has 3 rings (SSSR count). The molecule has 0 aliphatic carbocycles. The fraction of sp³-hybridized carbons (Fsp3) is 0.400. The predicted octanol–water partition coefficient (Wildman–Crippen LogP) is 2.96. The topological polar surface area (TPSA) is 108 Å². The monoisotopic (exact) mass is 453 g/mol. The normalized spacial score (nSPS) is 18.9. The van der Waals surface area contributed by atoms with Gasteiger partial charge in [-0.2, -0.15) is 0 Å². The molecular weight excluding hydrogens is 422 g/mol. The number of carbonyl (C=O) groups excluding carboxylic acids is 2. The second-order valence-electron chi connectivity index (χ2n) is 8.63. The molecule has 0 bridgehead atoms. The lowest BCUT2D eigenvalue weighted by Gasteiger charge is -2.47. The van der Waals surface area contributed by atoms with Crippen LogP contribution in [-0.2, 0) is 20.7 Å². The van der Waals surface area contributed by atoms with Crippen molar-refractivity contribution in [3.63, 3.8) is 0 Å². The Bertz CT molecular complexity index is 962. The van der Waals surface area contributed by atoms with Crippen molar-refractivity contribution in [2.45, 2.75) is 38.8 Å². The Kier molecular flexibility index (Phi) is 8.19. The van der Waals surface area contributed by atoms with E-state index in [2.05, 4.69) is 15.5 Å². The SMILES string of the molecule is COC(=O)c1ccc(NC(=O)C(NN2CC(CCc3ccccc3)C2C(=O)O)C(C)C)cc1. The van der Waals surface area contributed by atoms with E-state index < -0.39 is 24.0 Å². The van der Waals surface area contributed by atoms with Crippen LogP contribution in [0.5, 0.6) is 0 Å². The summed E-state index contributed by atoms with van der Waals surface area (Å²) < 4.78 is 4.68. The molecule has 8 heteroatoms. The van der Waals surface area contributed by atoms with Gasteiger partial charge < -0.3 is 15.2 Å². The molecule has 0 spiro atoms. The number of hydrazine groups is 1. The summed E-state index contributed by atoms with van der Waals surface area (Å²) >= 11 is 0. The lowest BCUT2D eigenvalue weighted by Crippen LogP contribution is -2.68. The number of carboxylic acids is 1. The van der Waals surface area contributed by atoms with Crippen LogP contribution in [0.15, 0.2) is 54.6 Å². The number of hydrogen-bond acceptors (Lipinski definition) is 6. The van der Waals surface area contributed by atoms with Crippen molar-refractivity contribution in [1.82, 2.24) is 10.4 Å². The lowest BCUT2D eigenvalue weighted by molar-refractivity contribution is -0.161. The number of nitrogens with one attached hydrogen (secondary N) is 2. The first-order chi connectivity index (χ1) is 15.8. The predicted molar refractivity (Wildman–Crippen MR) is 125 cm³/mol. The molecule has 3 unspecified atom stereocenters. The molecule has 1 heterocycles. The van der Waals surface area contributed by atoms with Crippen molar-refractivity contribution in [2.75, 3.05) is 19.0 Å². The molecule has 1 saturated heterocycles. The summed E-state index contributed by atoms with van der Waals surface area (Å²) in [5.41, 5.74) is 5.25. The molecule has 0 aromatic heterocycles. The number of carbonyl (C=O) groups is 3. The van der Waals surface area contributed by atoms with E-state index >= 15 is 0 Å². The van der Waals surface area contributed by atoms with Gasteiger partial charge in [-0.1, -0.05) is 44.2 Å². The number of amides is 1. The number of carboxylic acid groups (broad SMARTS) is 1. The summed E-state index contributed by atoms with van der Waals surface area (Å²) in [5.74, 6) is -1.68. The maximum absolute atomic E-state index is 12.9. The summed E-state index contributed by atoms with van der Waals surface area (Å²) in [4.78, 5) is 36.4. The van der Waals surface area contributed by atoms with Crippen LogP contribution in [0.3, 0.4) is 0 Å². The van der Waals surface area contributed by atoms with E-state index in [1.165, 1.54) is 12.7 Å². The Hall–Kier alpha value is -3.23. The largest absolute Gasteiger partial charge is 0.480 e. The van der Waals surface area contributed by atoms with Crippen molar-refractivity contribution in [2.24, 2.45) is 11.8 Å². The summed E-state index contributed by atoms with van der Waals surface area (Å²) in [7, 11) is 1.31. The van der Waals surface area contributed by atoms with Gasteiger partial charge in [0.25, 0.3) is 0 Å². The average molecular weight is 454 g/mol. The van der Waals surface area contributed by atoms with Crippen LogP contribution in [-0.4, -0.2) is 53.7 Å². The molecule has 3 N–H and O–H groups in total. The van der Waals surface area contributed by atoms with Gasteiger partial charge in [0.1, 0.15) is 12.1 Å². The molecule has 2 aromatic rings. The number of anilines is 1. The molecule has 2 aromatic carbocycles. The second kappa shape index (κ2) is 11.1. The first-order valence-corrected chi connectivity index (χ1v) is 11.1. The molecule has 1 aliphatic heterocycles. The molecular formula is C25H31N3O5. The minimum atomic E-state index is -0.895. The zero-order valence-electron chi connectivity index (χ0n) is 19.2. The van der Waals surface area contributed by atoms with E-state index in [1.54, 1.807) is 29.3 Å². The lowest BCUT2D eigenvalue weighted by atomic mass is 9.85. The molecule has 33 heavy (non-hydrogen) atoms. The van der Waals surface area contributed by atoms with Gasteiger partial charge in [0.15, 0.2) is 0 Å². The van der Waals surface area contributed by atoms with Gasteiger partial charge in [-0.3, -0.25) is 9.59 Å². The van der Waals surface area contributed by atoms with Crippen molar-refractivity contribution in [3.05, 3.63) is 65.7 Å². The first kappa shape index (κ1) is 24.4. The molecule has 1 aliphatic rings. The third-order valence-electron chi connectivity index (χ3n) is 5.94. The number of aryl methyl sites for hydroxylation is 1. The highest BCUT2D eigenvalue weighted by atomic mass is 16.5. The highest BCUT2D eigenvalue weighted by Gasteiger charge is 2.45. The fourth-order valence-electron chi connectivity index (χ4n) is 4.01. The third-order valence-corrected chi connectivity index (χ3v) is 5.94. The summed E-state index contributed by atoms with van der Waals surface area (Å²) in [6.45, 7) is 4.37. The third kappa shape index (κ3) is 6.18. The van der Waals surface area contributed by atoms with Gasteiger partial charge in [-0.15, -0.1) is 0 Å². The Morgan fingerprint density at radius 3 is 2.33 bits per heavy atom. The van der Waals surface area contributed by atoms with Gasteiger partial charge in [0.2, 0.25) is 5.91 Å². The zero-order valence-corrected chi connectivity index (χ0v) is 19.2. The number of aliphatic carboxylic acids is 1. The quantitative estimate of drug-likeness (QED) is 0.475. The van der Waals surface area contributed by atoms with E-state index in [0.717, 1.165) is 12.8 Å². The Labute approximate surface area is 193 Å². The van der Waals surface area contributed by atoms with E-state index in [-0.39, 0.29) is 17.7 Å². The fourth-order valence-corrected chi connectivity index (χ4v) is 4.01. The Balaban J connectivity index is 1.59. The van der Waals surface area contributed by atoms with Gasteiger partial charge >= 0.3 is 11.9 Å².